The monoisotopic (exact) mass is 270 g/mol. The number of aromatic nitrogens is 2. The summed E-state index contributed by atoms with van der Waals surface area (Å²) in [6.45, 7) is 8.63. The first-order valence-electron chi connectivity index (χ1n) is 6.71. The molecular weight excluding hydrogens is 248 g/mol. The quantitative estimate of drug-likeness (QED) is 0.885. The van der Waals surface area contributed by atoms with Crippen molar-refractivity contribution in [2.75, 3.05) is 0 Å². The van der Waals surface area contributed by atoms with Crippen molar-refractivity contribution in [1.82, 2.24) is 9.78 Å². The molecular formula is C14H23ClN2O. The van der Waals surface area contributed by atoms with Gasteiger partial charge >= 0.3 is 0 Å². The van der Waals surface area contributed by atoms with Gasteiger partial charge in [0, 0.05) is 6.04 Å². The molecule has 0 atom stereocenters. The Morgan fingerprint density at radius 3 is 2.33 bits per heavy atom. The van der Waals surface area contributed by atoms with E-state index >= 15 is 0 Å². The minimum absolute atomic E-state index is 0.214. The molecule has 2 rings (SSSR count). The fourth-order valence-electron chi connectivity index (χ4n) is 2.75. The van der Waals surface area contributed by atoms with Gasteiger partial charge in [0.05, 0.1) is 16.9 Å². The van der Waals surface area contributed by atoms with Gasteiger partial charge in [-0.15, -0.1) is 0 Å². The maximum Gasteiger partial charge on any atom is 0.108 e. The first-order chi connectivity index (χ1) is 8.25. The van der Waals surface area contributed by atoms with Gasteiger partial charge in [-0.05, 0) is 44.9 Å². The highest BCUT2D eigenvalue weighted by atomic mass is 35.5. The van der Waals surface area contributed by atoms with Crippen LogP contribution in [0.2, 0.25) is 5.02 Å². The van der Waals surface area contributed by atoms with Crippen LogP contribution in [0.1, 0.15) is 65.1 Å². The minimum Gasteiger partial charge on any atom is -0.384 e. The molecule has 1 fully saturated rings. The predicted molar refractivity (Wildman–Crippen MR) is 73.8 cm³/mol. The molecule has 1 aliphatic carbocycles. The largest absolute Gasteiger partial charge is 0.384 e. The van der Waals surface area contributed by atoms with Gasteiger partial charge in [0.15, 0.2) is 0 Å². The first kappa shape index (κ1) is 13.9. The van der Waals surface area contributed by atoms with Crippen LogP contribution in [0, 0.1) is 5.41 Å². The van der Waals surface area contributed by atoms with Crippen LogP contribution in [0.4, 0.5) is 0 Å². The summed E-state index contributed by atoms with van der Waals surface area (Å²) in [6, 6.07) is 0.214. The lowest BCUT2D eigenvalue weighted by Gasteiger charge is -2.40. The number of hydrogen-bond acceptors (Lipinski definition) is 2. The maximum atomic E-state index is 10.9. The summed E-state index contributed by atoms with van der Waals surface area (Å²) in [4.78, 5) is 0. The van der Waals surface area contributed by atoms with E-state index in [1.807, 2.05) is 4.68 Å². The summed E-state index contributed by atoms with van der Waals surface area (Å²) >= 11 is 6.24. The molecule has 102 valence electrons. The second-order valence-corrected chi connectivity index (χ2v) is 6.98. The highest BCUT2D eigenvalue weighted by Gasteiger charge is 2.41. The van der Waals surface area contributed by atoms with Crippen LogP contribution in [-0.4, -0.2) is 14.9 Å². The van der Waals surface area contributed by atoms with Crippen molar-refractivity contribution in [3.05, 3.63) is 16.9 Å². The summed E-state index contributed by atoms with van der Waals surface area (Å²) in [6.07, 6.45) is 5.21. The Balaban J connectivity index is 2.34. The van der Waals surface area contributed by atoms with E-state index in [9.17, 15) is 5.11 Å². The summed E-state index contributed by atoms with van der Waals surface area (Å²) in [5.74, 6) is 0. The summed E-state index contributed by atoms with van der Waals surface area (Å²) in [5, 5.41) is 15.8. The van der Waals surface area contributed by atoms with Gasteiger partial charge in [-0.2, -0.15) is 5.10 Å². The molecule has 1 saturated carbocycles. The van der Waals surface area contributed by atoms with Crippen LogP contribution in [0.25, 0.3) is 0 Å². The Bertz CT molecular complexity index is 427. The Morgan fingerprint density at radius 2 is 1.83 bits per heavy atom. The highest BCUT2D eigenvalue weighted by molar-refractivity contribution is 6.31. The molecule has 4 heteroatoms. The van der Waals surface area contributed by atoms with Crippen molar-refractivity contribution in [3.63, 3.8) is 0 Å². The molecule has 0 unspecified atom stereocenters. The molecule has 0 radical (unpaired) electrons. The van der Waals surface area contributed by atoms with Gasteiger partial charge in [0.1, 0.15) is 5.60 Å². The van der Waals surface area contributed by atoms with Crippen LogP contribution < -0.4 is 0 Å². The third kappa shape index (κ3) is 2.43. The second-order valence-electron chi connectivity index (χ2n) is 6.58. The number of hydrogen-bond donors (Lipinski definition) is 1. The smallest absolute Gasteiger partial charge is 0.108 e. The topological polar surface area (TPSA) is 38.0 Å². The predicted octanol–water partition coefficient (Wildman–Crippen LogP) is 3.91. The van der Waals surface area contributed by atoms with Crippen molar-refractivity contribution < 1.29 is 5.11 Å². The molecule has 1 N–H and O–H groups in total. The molecule has 0 spiro atoms. The summed E-state index contributed by atoms with van der Waals surface area (Å²) < 4.78 is 1.86. The van der Waals surface area contributed by atoms with Gasteiger partial charge in [-0.1, -0.05) is 25.4 Å². The van der Waals surface area contributed by atoms with Crippen LogP contribution in [0.5, 0.6) is 0 Å². The lowest BCUT2D eigenvalue weighted by Crippen LogP contribution is -2.37. The Labute approximate surface area is 114 Å². The van der Waals surface area contributed by atoms with Gasteiger partial charge in [-0.3, -0.25) is 4.68 Å². The van der Waals surface area contributed by atoms with E-state index in [2.05, 4.69) is 32.8 Å². The molecule has 3 nitrogen and oxygen atoms in total. The Hall–Kier alpha value is -0.540. The van der Waals surface area contributed by atoms with E-state index in [0.29, 0.717) is 10.4 Å². The number of rotatable bonds is 2. The van der Waals surface area contributed by atoms with E-state index in [4.69, 9.17) is 11.6 Å². The van der Waals surface area contributed by atoms with E-state index in [0.717, 1.165) is 31.4 Å². The lowest BCUT2D eigenvalue weighted by molar-refractivity contribution is -0.0379. The third-order valence-electron chi connectivity index (χ3n) is 4.11. The minimum atomic E-state index is -0.812. The third-order valence-corrected chi connectivity index (χ3v) is 4.39. The van der Waals surface area contributed by atoms with Gasteiger partial charge < -0.3 is 5.11 Å². The average Bonchev–Trinajstić information content (AvgIpc) is 2.66. The maximum absolute atomic E-state index is 10.9. The zero-order chi connectivity index (χ0) is 13.6. The molecule has 0 amide bonds. The van der Waals surface area contributed by atoms with Crippen molar-refractivity contribution in [2.24, 2.45) is 5.41 Å². The van der Waals surface area contributed by atoms with Crippen molar-refractivity contribution in [2.45, 2.75) is 65.0 Å². The van der Waals surface area contributed by atoms with Gasteiger partial charge in [-0.25, -0.2) is 0 Å². The zero-order valence-electron chi connectivity index (χ0n) is 11.7. The van der Waals surface area contributed by atoms with Gasteiger partial charge in [0.2, 0.25) is 0 Å². The lowest BCUT2D eigenvalue weighted by atomic mass is 9.70. The SMILES string of the molecule is CC(C)n1ncc(Cl)c1C1(O)CCC(C)(C)CC1. The Kier molecular flexibility index (Phi) is 3.50. The van der Waals surface area contributed by atoms with Crippen molar-refractivity contribution >= 4 is 11.6 Å². The van der Waals surface area contributed by atoms with Crippen LogP contribution in [0.3, 0.4) is 0 Å². The standard InChI is InChI=1S/C14H23ClN2O/c1-10(2)17-12(11(15)9-16-17)14(18)7-5-13(3,4)6-8-14/h9-10,18H,5-8H2,1-4H3. The number of nitrogens with zero attached hydrogens (tertiary/aromatic N) is 2. The summed E-state index contributed by atoms with van der Waals surface area (Å²) in [7, 11) is 0. The van der Waals surface area contributed by atoms with Crippen molar-refractivity contribution in [1.29, 1.82) is 0 Å². The van der Waals surface area contributed by atoms with Crippen molar-refractivity contribution in [3.8, 4) is 0 Å². The summed E-state index contributed by atoms with van der Waals surface area (Å²) in [5.41, 5.74) is 0.309. The molecule has 0 aromatic carbocycles. The highest BCUT2D eigenvalue weighted by Crippen LogP contribution is 2.47. The molecule has 0 bridgehead atoms. The fraction of sp³-hybridized carbons (Fsp3) is 0.786. The average molecular weight is 271 g/mol. The molecule has 1 aromatic heterocycles. The normalized spacial score (nSPS) is 22.4. The van der Waals surface area contributed by atoms with Crippen LogP contribution in [-0.2, 0) is 5.60 Å². The zero-order valence-corrected chi connectivity index (χ0v) is 12.5. The fourth-order valence-corrected chi connectivity index (χ4v) is 3.05. The van der Waals surface area contributed by atoms with Crippen LogP contribution >= 0.6 is 11.6 Å². The molecule has 0 saturated heterocycles. The first-order valence-corrected chi connectivity index (χ1v) is 7.09. The molecule has 0 aliphatic heterocycles. The molecule has 1 heterocycles. The number of halogens is 1. The van der Waals surface area contributed by atoms with E-state index in [1.165, 1.54) is 0 Å². The molecule has 18 heavy (non-hydrogen) atoms. The van der Waals surface area contributed by atoms with E-state index < -0.39 is 5.60 Å². The van der Waals surface area contributed by atoms with Crippen LogP contribution in [0.15, 0.2) is 6.20 Å². The second kappa shape index (κ2) is 4.53. The Morgan fingerprint density at radius 1 is 1.28 bits per heavy atom. The van der Waals surface area contributed by atoms with Gasteiger partial charge in [0.25, 0.3) is 0 Å². The molecule has 1 aliphatic rings. The van der Waals surface area contributed by atoms with E-state index in [-0.39, 0.29) is 6.04 Å². The molecule has 1 aromatic rings. The van der Waals surface area contributed by atoms with E-state index in [1.54, 1.807) is 6.20 Å². The number of aliphatic hydroxyl groups is 1.